The molecular formula is C6H9N. The van der Waals surface area contributed by atoms with Crippen molar-refractivity contribution >= 4 is 0 Å². The smallest absolute Gasteiger partial charge is 0.166 e. The molecule has 0 aliphatic heterocycles. The molecule has 0 bridgehead atoms. The second kappa shape index (κ2) is 1.41. The highest BCUT2D eigenvalue weighted by atomic mass is 14.7. The Balaban J connectivity index is 3.19. The summed E-state index contributed by atoms with van der Waals surface area (Å²) >= 11 is 0. The zero-order valence-corrected chi connectivity index (χ0v) is 4.60. The van der Waals surface area contributed by atoms with Crippen LogP contribution in [0, 0.1) is 13.8 Å². The molecule has 0 amide bonds. The fourth-order valence-corrected chi connectivity index (χ4v) is 0.594. The van der Waals surface area contributed by atoms with E-state index in [1.54, 1.807) is 0 Å². The molecule has 1 rings (SSSR count). The van der Waals surface area contributed by atoms with Gasteiger partial charge in [0.15, 0.2) is 1.41 Å². The molecule has 0 unspecified atom stereocenters. The lowest BCUT2D eigenvalue weighted by Crippen LogP contribution is -1.67. The number of rotatable bonds is 0. The Hall–Kier alpha value is -0.720. The summed E-state index contributed by atoms with van der Waals surface area (Å²) in [6.45, 7) is 3.83. The third-order valence-corrected chi connectivity index (χ3v) is 0.918. The largest absolute Gasteiger partial charge is 0.363 e. The summed E-state index contributed by atoms with van der Waals surface area (Å²) in [6, 6.07) is 3.87. The Morgan fingerprint density at radius 3 is 2.00 bits per heavy atom. The summed E-state index contributed by atoms with van der Waals surface area (Å²) in [6.07, 6.45) is 0. The van der Waals surface area contributed by atoms with Gasteiger partial charge in [-0.25, -0.2) is 0 Å². The molecule has 1 heterocycles. The second-order valence-corrected chi connectivity index (χ2v) is 1.73. The molecule has 1 heteroatoms. The molecule has 1 nitrogen and oxygen atoms in total. The van der Waals surface area contributed by atoms with Crippen LogP contribution in [0.2, 0.25) is 1.41 Å². The van der Waals surface area contributed by atoms with Crippen LogP contribution in [-0.4, -0.2) is 4.98 Å². The molecule has 38 valence electrons. The van der Waals surface area contributed by atoms with Crippen molar-refractivity contribution in [3.05, 3.63) is 23.5 Å². The lowest BCUT2D eigenvalue weighted by Gasteiger charge is -1.77. The summed E-state index contributed by atoms with van der Waals surface area (Å²) in [7, 11) is 0. The monoisotopic (exact) mass is 96.1 g/mol. The van der Waals surface area contributed by atoms with E-state index in [4.69, 9.17) is 1.41 Å². The van der Waals surface area contributed by atoms with Crippen LogP contribution >= 0.6 is 0 Å². The van der Waals surface area contributed by atoms with Gasteiger partial charge in [-0.1, -0.05) is 0 Å². The second-order valence-electron chi connectivity index (χ2n) is 1.73. The van der Waals surface area contributed by atoms with Crippen LogP contribution < -0.4 is 0 Å². The highest BCUT2D eigenvalue weighted by Crippen LogP contribution is 1.95. The van der Waals surface area contributed by atoms with Crippen molar-refractivity contribution in [3.63, 3.8) is 0 Å². The molecular weight excluding hydrogens is 86.1 g/mol. The van der Waals surface area contributed by atoms with Gasteiger partial charge in [-0.05, 0) is 26.0 Å². The van der Waals surface area contributed by atoms with E-state index in [0.717, 1.165) is 11.4 Å². The number of H-pyrrole nitrogens is 1. The van der Waals surface area contributed by atoms with Crippen LogP contribution in [0.25, 0.3) is 0 Å². The van der Waals surface area contributed by atoms with Crippen molar-refractivity contribution in [2.24, 2.45) is 0 Å². The first-order chi connectivity index (χ1) is 3.72. The standard InChI is InChI=1S/C6H9N/c1-5-3-4-6(2)7-5/h3-4,7H,1-2H3/i/hD. The summed E-state index contributed by atoms with van der Waals surface area (Å²) in [4.78, 5) is 1.42. The first-order valence-corrected chi connectivity index (χ1v) is 2.36. The summed E-state index contributed by atoms with van der Waals surface area (Å²) < 4.78 is 7.24. The third kappa shape index (κ3) is 0.829. The van der Waals surface area contributed by atoms with Gasteiger partial charge in [0.2, 0.25) is 0 Å². The van der Waals surface area contributed by atoms with E-state index in [2.05, 4.69) is 0 Å². The number of hydrogen-bond donors (Lipinski definition) is 1. The Bertz CT molecular complexity index is 171. The van der Waals surface area contributed by atoms with Crippen molar-refractivity contribution in [1.82, 2.24) is 4.98 Å². The average Bonchev–Trinajstić information content (AvgIpc) is 1.98. The minimum Gasteiger partial charge on any atom is -0.363 e. The van der Waals surface area contributed by atoms with Gasteiger partial charge in [0.1, 0.15) is 0 Å². The topological polar surface area (TPSA) is 15.8 Å². The molecule has 0 fully saturated rings. The van der Waals surface area contributed by atoms with Crippen molar-refractivity contribution in [1.29, 1.82) is 0 Å². The van der Waals surface area contributed by atoms with Crippen LogP contribution in [0.15, 0.2) is 12.1 Å². The first-order valence-electron chi connectivity index (χ1n) is 2.81. The van der Waals surface area contributed by atoms with Gasteiger partial charge >= 0.3 is 0 Å². The molecule has 0 aromatic carbocycles. The zero-order valence-electron chi connectivity index (χ0n) is 5.60. The summed E-state index contributed by atoms with van der Waals surface area (Å²) in [5.74, 6) is 0. The summed E-state index contributed by atoms with van der Waals surface area (Å²) in [5.41, 5.74) is 1.98. The lowest BCUT2D eigenvalue weighted by molar-refractivity contribution is 1.19. The Morgan fingerprint density at radius 2 is 1.86 bits per heavy atom. The maximum absolute atomic E-state index is 7.24. The van der Waals surface area contributed by atoms with Gasteiger partial charge in [-0.2, -0.15) is 0 Å². The molecule has 1 aromatic rings. The molecule has 0 saturated carbocycles. The van der Waals surface area contributed by atoms with Gasteiger partial charge in [0.05, 0.1) is 0 Å². The quantitative estimate of drug-likeness (QED) is 0.505. The Labute approximate surface area is 44.8 Å². The highest BCUT2D eigenvalue weighted by molar-refractivity contribution is 5.09. The zero-order chi connectivity index (χ0) is 6.15. The van der Waals surface area contributed by atoms with Crippen molar-refractivity contribution in [2.45, 2.75) is 13.8 Å². The average molecular weight is 96.2 g/mol. The lowest BCUT2D eigenvalue weighted by atomic mass is 10.5. The van der Waals surface area contributed by atoms with Crippen molar-refractivity contribution in [2.75, 3.05) is 0 Å². The molecule has 0 atom stereocenters. The molecule has 0 aliphatic rings. The van der Waals surface area contributed by atoms with E-state index in [1.165, 1.54) is 4.98 Å². The molecule has 1 N–H and O–H groups in total. The maximum Gasteiger partial charge on any atom is 0.166 e. The predicted molar refractivity (Wildman–Crippen MR) is 30.3 cm³/mol. The number of aromatic nitrogens is 1. The molecule has 0 saturated heterocycles. The van der Waals surface area contributed by atoms with E-state index in [-0.39, 0.29) is 0 Å². The van der Waals surface area contributed by atoms with E-state index in [0.29, 0.717) is 0 Å². The maximum atomic E-state index is 7.24. The fraction of sp³-hybridized carbons (Fsp3) is 0.333. The van der Waals surface area contributed by atoms with Gasteiger partial charge in [-0.3, -0.25) is 0 Å². The number of nitrogens with one attached hydrogen (secondary N) is 1. The Kier molecular flexibility index (Phi) is 0.666. The van der Waals surface area contributed by atoms with E-state index in [9.17, 15) is 0 Å². The molecule has 7 heavy (non-hydrogen) atoms. The van der Waals surface area contributed by atoms with Crippen LogP contribution in [0.3, 0.4) is 0 Å². The predicted octanol–water partition coefficient (Wildman–Crippen LogP) is 1.63. The summed E-state index contributed by atoms with van der Waals surface area (Å²) in [5, 5.41) is 0. The Morgan fingerprint density at radius 1 is 1.43 bits per heavy atom. The van der Waals surface area contributed by atoms with Gasteiger partial charge in [0, 0.05) is 11.4 Å². The molecule has 0 spiro atoms. The van der Waals surface area contributed by atoms with Crippen LogP contribution in [0.5, 0.6) is 0 Å². The molecule has 0 aliphatic carbocycles. The molecule has 1 aromatic heterocycles. The van der Waals surface area contributed by atoms with Gasteiger partial charge < -0.3 is 4.98 Å². The first kappa shape index (κ1) is 3.30. The molecule has 0 radical (unpaired) electrons. The van der Waals surface area contributed by atoms with E-state index in [1.807, 2.05) is 26.0 Å². The van der Waals surface area contributed by atoms with Crippen LogP contribution in [0.1, 0.15) is 11.4 Å². The number of hydrogen-bond acceptors (Lipinski definition) is 0. The number of aryl methyl sites for hydroxylation is 2. The number of aromatic amines is 1. The minimum atomic E-state index is 0.988. The van der Waals surface area contributed by atoms with Crippen molar-refractivity contribution < 1.29 is 1.41 Å². The van der Waals surface area contributed by atoms with Crippen LogP contribution in [0.4, 0.5) is 0 Å². The normalized spacial score (nSPS) is 11.4. The van der Waals surface area contributed by atoms with E-state index < -0.39 is 0 Å². The van der Waals surface area contributed by atoms with Crippen LogP contribution in [-0.2, 0) is 0 Å². The highest BCUT2D eigenvalue weighted by Gasteiger charge is 1.82. The van der Waals surface area contributed by atoms with E-state index >= 15 is 0 Å². The fourth-order valence-electron chi connectivity index (χ4n) is 0.594. The van der Waals surface area contributed by atoms with Crippen molar-refractivity contribution in [3.8, 4) is 0 Å². The minimum absolute atomic E-state index is 0.988. The third-order valence-electron chi connectivity index (χ3n) is 0.918. The van der Waals surface area contributed by atoms with Gasteiger partial charge in [-0.15, -0.1) is 0 Å². The van der Waals surface area contributed by atoms with Gasteiger partial charge in [0.25, 0.3) is 0 Å². The SMILES string of the molecule is [2H]n1c(C)ccc1C.